The Kier molecular flexibility index (Phi) is 4.78. The molecular formula is C16H24N2O2. The molecule has 110 valence electrons. The van der Waals surface area contributed by atoms with Crippen LogP contribution in [-0.4, -0.2) is 36.6 Å². The van der Waals surface area contributed by atoms with E-state index in [-0.39, 0.29) is 5.91 Å². The monoisotopic (exact) mass is 276 g/mol. The van der Waals surface area contributed by atoms with Crippen LogP contribution >= 0.6 is 0 Å². The maximum atomic E-state index is 12.5. The largest absolute Gasteiger partial charge is 0.381 e. The molecule has 1 aromatic rings. The molecule has 4 nitrogen and oxygen atoms in total. The summed E-state index contributed by atoms with van der Waals surface area (Å²) >= 11 is 0. The van der Waals surface area contributed by atoms with Crippen LogP contribution in [0, 0.1) is 0 Å². The summed E-state index contributed by atoms with van der Waals surface area (Å²) in [6.45, 7) is 3.87. The van der Waals surface area contributed by atoms with Crippen molar-refractivity contribution in [1.82, 2.24) is 4.90 Å². The first-order chi connectivity index (χ1) is 9.55. The molecule has 1 amide bonds. The second-order valence-corrected chi connectivity index (χ2v) is 5.60. The van der Waals surface area contributed by atoms with E-state index in [2.05, 4.69) is 31.2 Å². The lowest BCUT2D eigenvalue weighted by molar-refractivity contribution is -0.139. The Morgan fingerprint density at radius 1 is 1.25 bits per heavy atom. The highest BCUT2D eigenvalue weighted by molar-refractivity contribution is 5.86. The van der Waals surface area contributed by atoms with Gasteiger partial charge in [-0.15, -0.1) is 0 Å². The van der Waals surface area contributed by atoms with Crippen LogP contribution in [-0.2, 0) is 22.5 Å². The van der Waals surface area contributed by atoms with Gasteiger partial charge in [0.2, 0.25) is 5.91 Å². The maximum absolute atomic E-state index is 12.5. The third-order valence-electron chi connectivity index (χ3n) is 4.01. The van der Waals surface area contributed by atoms with Crippen molar-refractivity contribution >= 4 is 5.91 Å². The van der Waals surface area contributed by atoms with Crippen molar-refractivity contribution in [2.45, 2.75) is 38.3 Å². The number of benzene rings is 1. The number of rotatable bonds is 4. The lowest BCUT2D eigenvalue weighted by Crippen LogP contribution is -2.57. The van der Waals surface area contributed by atoms with Gasteiger partial charge < -0.3 is 15.4 Å². The number of ether oxygens (including phenoxy) is 1. The standard InChI is InChI=1S/C16H24N2O2/c1-3-13-4-6-14(7-5-13)12-18(2)15(19)16(17)8-10-20-11-9-16/h4-7H,3,8-12,17H2,1-2H3. The number of nitrogens with two attached hydrogens (primary N) is 1. The fourth-order valence-corrected chi connectivity index (χ4v) is 2.56. The molecule has 2 rings (SSSR count). The zero-order valence-corrected chi connectivity index (χ0v) is 12.4. The average molecular weight is 276 g/mol. The Morgan fingerprint density at radius 2 is 1.80 bits per heavy atom. The van der Waals surface area contributed by atoms with Crippen molar-refractivity contribution in [3.63, 3.8) is 0 Å². The molecule has 0 bridgehead atoms. The van der Waals surface area contributed by atoms with E-state index in [4.69, 9.17) is 10.5 Å². The van der Waals surface area contributed by atoms with Crippen molar-refractivity contribution < 1.29 is 9.53 Å². The number of carbonyl (C=O) groups is 1. The van der Waals surface area contributed by atoms with E-state index in [1.807, 2.05) is 7.05 Å². The van der Waals surface area contributed by atoms with Gasteiger partial charge in [-0.3, -0.25) is 4.79 Å². The normalized spacial score (nSPS) is 17.8. The van der Waals surface area contributed by atoms with Crippen LogP contribution in [0.2, 0.25) is 0 Å². The SMILES string of the molecule is CCc1ccc(CN(C)C(=O)C2(N)CCOCC2)cc1. The molecule has 0 aliphatic carbocycles. The van der Waals surface area contributed by atoms with Crippen LogP contribution in [0.25, 0.3) is 0 Å². The average Bonchev–Trinajstić information content (AvgIpc) is 2.48. The summed E-state index contributed by atoms with van der Waals surface area (Å²) < 4.78 is 5.29. The van der Waals surface area contributed by atoms with Crippen LogP contribution in [0.5, 0.6) is 0 Å². The van der Waals surface area contributed by atoms with Gasteiger partial charge in [-0.1, -0.05) is 31.2 Å². The fourth-order valence-electron chi connectivity index (χ4n) is 2.56. The molecule has 1 aliphatic heterocycles. The highest BCUT2D eigenvalue weighted by atomic mass is 16.5. The maximum Gasteiger partial charge on any atom is 0.242 e. The van der Waals surface area contributed by atoms with E-state index < -0.39 is 5.54 Å². The molecule has 0 unspecified atom stereocenters. The Hall–Kier alpha value is -1.39. The second-order valence-electron chi connectivity index (χ2n) is 5.60. The molecule has 4 heteroatoms. The minimum absolute atomic E-state index is 0.0142. The van der Waals surface area contributed by atoms with Gasteiger partial charge in [0.05, 0.1) is 5.54 Å². The lowest BCUT2D eigenvalue weighted by atomic mass is 9.89. The zero-order valence-electron chi connectivity index (χ0n) is 12.4. The Bertz CT molecular complexity index is 450. The third-order valence-corrected chi connectivity index (χ3v) is 4.01. The van der Waals surface area contributed by atoms with Gasteiger partial charge in [-0.2, -0.15) is 0 Å². The molecular weight excluding hydrogens is 252 g/mol. The number of hydrogen-bond donors (Lipinski definition) is 1. The number of carbonyl (C=O) groups excluding carboxylic acids is 1. The Balaban J connectivity index is 1.99. The van der Waals surface area contributed by atoms with Gasteiger partial charge >= 0.3 is 0 Å². The van der Waals surface area contributed by atoms with Gasteiger partial charge in [0.1, 0.15) is 0 Å². The van der Waals surface area contributed by atoms with Crippen molar-refractivity contribution in [3.8, 4) is 0 Å². The van der Waals surface area contributed by atoms with Crippen LogP contribution in [0.1, 0.15) is 30.9 Å². The summed E-state index contributed by atoms with van der Waals surface area (Å²) in [5.41, 5.74) is 7.92. The molecule has 0 atom stereocenters. The van der Waals surface area contributed by atoms with Crippen molar-refractivity contribution in [2.75, 3.05) is 20.3 Å². The van der Waals surface area contributed by atoms with Crippen molar-refractivity contribution in [2.24, 2.45) is 5.73 Å². The number of likely N-dealkylation sites (N-methyl/N-ethyl adjacent to an activating group) is 1. The molecule has 1 fully saturated rings. The fraction of sp³-hybridized carbons (Fsp3) is 0.562. The first-order valence-electron chi connectivity index (χ1n) is 7.25. The zero-order chi connectivity index (χ0) is 14.6. The van der Waals surface area contributed by atoms with E-state index in [0.29, 0.717) is 32.6 Å². The van der Waals surface area contributed by atoms with Gasteiger partial charge in [0.25, 0.3) is 0 Å². The molecule has 1 heterocycles. The minimum Gasteiger partial charge on any atom is -0.381 e. The molecule has 2 N–H and O–H groups in total. The molecule has 0 radical (unpaired) electrons. The van der Waals surface area contributed by atoms with Gasteiger partial charge in [0.15, 0.2) is 0 Å². The molecule has 0 aromatic heterocycles. The van der Waals surface area contributed by atoms with Crippen LogP contribution < -0.4 is 5.73 Å². The summed E-state index contributed by atoms with van der Waals surface area (Å²) in [6, 6.07) is 8.38. The third kappa shape index (κ3) is 3.38. The first kappa shape index (κ1) is 15.0. The van der Waals surface area contributed by atoms with Crippen molar-refractivity contribution in [3.05, 3.63) is 35.4 Å². The predicted octanol–water partition coefficient (Wildman–Crippen LogP) is 1.72. The number of amides is 1. The Morgan fingerprint density at radius 3 is 2.35 bits per heavy atom. The topological polar surface area (TPSA) is 55.6 Å². The highest BCUT2D eigenvalue weighted by Gasteiger charge is 2.37. The summed E-state index contributed by atoms with van der Waals surface area (Å²) in [6.07, 6.45) is 2.23. The second kappa shape index (κ2) is 6.37. The van der Waals surface area contributed by atoms with E-state index >= 15 is 0 Å². The Labute approximate surface area is 120 Å². The van der Waals surface area contributed by atoms with Crippen molar-refractivity contribution in [1.29, 1.82) is 0 Å². The molecule has 1 saturated heterocycles. The van der Waals surface area contributed by atoms with E-state index in [0.717, 1.165) is 12.0 Å². The van der Waals surface area contributed by atoms with E-state index in [1.165, 1.54) is 5.56 Å². The summed E-state index contributed by atoms with van der Waals surface area (Å²) in [4.78, 5) is 14.2. The summed E-state index contributed by atoms with van der Waals surface area (Å²) in [7, 11) is 1.82. The van der Waals surface area contributed by atoms with Crippen LogP contribution in [0.15, 0.2) is 24.3 Å². The minimum atomic E-state index is -0.754. The molecule has 1 aliphatic rings. The molecule has 1 aromatic carbocycles. The first-order valence-corrected chi connectivity index (χ1v) is 7.25. The van der Waals surface area contributed by atoms with E-state index in [1.54, 1.807) is 4.90 Å². The smallest absolute Gasteiger partial charge is 0.242 e. The lowest BCUT2D eigenvalue weighted by Gasteiger charge is -2.35. The molecule has 20 heavy (non-hydrogen) atoms. The van der Waals surface area contributed by atoms with Gasteiger partial charge in [0, 0.05) is 26.8 Å². The molecule has 0 saturated carbocycles. The summed E-state index contributed by atoms with van der Waals surface area (Å²) in [5.74, 6) is 0.0142. The highest BCUT2D eigenvalue weighted by Crippen LogP contribution is 2.21. The van der Waals surface area contributed by atoms with E-state index in [9.17, 15) is 4.79 Å². The van der Waals surface area contributed by atoms with Gasteiger partial charge in [-0.25, -0.2) is 0 Å². The summed E-state index contributed by atoms with van der Waals surface area (Å²) in [5, 5.41) is 0. The van der Waals surface area contributed by atoms with Crippen LogP contribution in [0.4, 0.5) is 0 Å². The number of nitrogens with zero attached hydrogens (tertiary/aromatic N) is 1. The number of aryl methyl sites for hydroxylation is 1. The molecule has 0 spiro atoms. The van der Waals surface area contributed by atoms with Crippen LogP contribution in [0.3, 0.4) is 0 Å². The quantitative estimate of drug-likeness (QED) is 0.911. The van der Waals surface area contributed by atoms with Gasteiger partial charge in [-0.05, 0) is 30.4 Å². The predicted molar refractivity (Wildman–Crippen MR) is 79.3 cm³/mol. The number of hydrogen-bond acceptors (Lipinski definition) is 3.